The first-order valence-corrected chi connectivity index (χ1v) is 7.11. The highest BCUT2D eigenvalue weighted by molar-refractivity contribution is 6.34. The van der Waals surface area contributed by atoms with Gasteiger partial charge in [-0.25, -0.2) is 0 Å². The molecule has 0 aromatic heterocycles. The van der Waals surface area contributed by atoms with Gasteiger partial charge in [0.25, 0.3) is 5.91 Å². The number of carbonyl (C=O) groups excluding carboxylic acids is 2. The third-order valence-electron chi connectivity index (χ3n) is 3.66. The van der Waals surface area contributed by atoms with Crippen LogP contribution in [0.3, 0.4) is 0 Å². The second-order valence-electron chi connectivity index (χ2n) is 5.52. The van der Waals surface area contributed by atoms with Gasteiger partial charge in [-0.05, 0) is 31.4 Å². The maximum atomic E-state index is 12.7. The number of aryl methyl sites for hydroxylation is 1. The number of nitrogens with one attached hydrogen (secondary N) is 1. The minimum Gasteiger partial charge on any atom is -0.342 e. The van der Waals surface area contributed by atoms with E-state index >= 15 is 0 Å². The van der Waals surface area contributed by atoms with Gasteiger partial charge in [0.15, 0.2) is 0 Å². The van der Waals surface area contributed by atoms with Gasteiger partial charge in [-0.2, -0.15) is 0 Å². The van der Waals surface area contributed by atoms with Gasteiger partial charge < -0.3 is 5.32 Å². The average Bonchev–Trinajstić information content (AvgIpc) is 2.37. The number of piperazine rings is 1. The summed E-state index contributed by atoms with van der Waals surface area (Å²) >= 11 is 6.24. The number of anilines is 1. The lowest BCUT2D eigenvalue weighted by Crippen LogP contribution is -2.64. The molecule has 2 atom stereocenters. The average molecular weight is 295 g/mol. The first-order valence-electron chi connectivity index (χ1n) is 6.73. The predicted octanol–water partition coefficient (Wildman–Crippen LogP) is 2.52. The lowest BCUT2D eigenvalue weighted by atomic mass is 9.97. The maximum Gasteiger partial charge on any atom is 0.250 e. The number of hydrogen-bond acceptors (Lipinski definition) is 2. The molecule has 5 heteroatoms. The third kappa shape index (κ3) is 2.40. The molecular formula is C15H19ClN2O2. The molecule has 0 bridgehead atoms. The standard InChI is InChI=1S/C15H19ClN2O2/c1-8(2)12-15(20)18(10(4)14(19)17-12)13-9(3)6-5-7-11(13)16/h5-8,10,12H,1-4H3,(H,17,19). The molecule has 0 aliphatic carbocycles. The van der Waals surface area contributed by atoms with E-state index in [1.54, 1.807) is 13.0 Å². The van der Waals surface area contributed by atoms with Crippen molar-refractivity contribution in [3.8, 4) is 0 Å². The first-order chi connectivity index (χ1) is 9.34. The van der Waals surface area contributed by atoms with Crippen LogP contribution in [0.15, 0.2) is 18.2 Å². The fourth-order valence-corrected chi connectivity index (χ4v) is 2.79. The van der Waals surface area contributed by atoms with Gasteiger partial charge in [0.2, 0.25) is 5.91 Å². The SMILES string of the molecule is Cc1cccc(Cl)c1N1C(=O)C(C(C)C)NC(=O)C1C. The van der Waals surface area contributed by atoms with E-state index in [4.69, 9.17) is 11.6 Å². The minimum absolute atomic E-state index is 0.0317. The lowest BCUT2D eigenvalue weighted by molar-refractivity contribution is -0.134. The van der Waals surface area contributed by atoms with Crippen molar-refractivity contribution in [3.05, 3.63) is 28.8 Å². The Kier molecular flexibility index (Phi) is 4.04. The van der Waals surface area contributed by atoms with Gasteiger partial charge in [-0.15, -0.1) is 0 Å². The molecule has 1 fully saturated rings. The van der Waals surface area contributed by atoms with Crippen LogP contribution in [0.2, 0.25) is 5.02 Å². The number of halogens is 1. The van der Waals surface area contributed by atoms with E-state index in [-0.39, 0.29) is 17.7 Å². The minimum atomic E-state index is -0.559. The van der Waals surface area contributed by atoms with Gasteiger partial charge >= 0.3 is 0 Å². The second-order valence-corrected chi connectivity index (χ2v) is 5.93. The van der Waals surface area contributed by atoms with Crippen LogP contribution in [0, 0.1) is 12.8 Å². The normalized spacial score (nSPS) is 23.2. The number of para-hydroxylation sites is 1. The number of rotatable bonds is 2. The van der Waals surface area contributed by atoms with E-state index in [9.17, 15) is 9.59 Å². The van der Waals surface area contributed by atoms with E-state index in [0.717, 1.165) is 5.56 Å². The van der Waals surface area contributed by atoms with Crippen LogP contribution in [-0.2, 0) is 9.59 Å². The van der Waals surface area contributed by atoms with Crippen LogP contribution in [0.25, 0.3) is 0 Å². The lowest BCUT2D eigenvalue weighted by Gasteiger charge is -2.39. The van der Waals surface area contributed by atoms with Gasteiger partial charge in [0, 0.05) is 0 Å². The van der Waals surface area contributed by atoms with Gasteiger partial charge in [0.05, 0.1) is 10.7 Å². The van der Waals surface area contributed by atoms with Crippen molar-refractivity contribution < 1.29 is 9.59 Å². The number of nitrogens with zero attached hydrogens (tertiary/aromatic N) is 1. The topological polar surface area (TPSA) is 49.4 Å². The van der Waals surface area contributed by atoms with Crippen LogP contribution in [0.4, 0.5) is 5.69 Å². The van der Waals surface area contributed by atoms with Crippen molar-refractivity contribution in [2.24, 2.45) is 5.92 Å². The van der Waals surface area contributed by atoms with E-state index in [1.165, 1.54) is 4.90 Å². The molecule has 1 heterocycles. The van der Waals surface area contributed by atoms with Gasteiger partial charge in [0.1, 0.15) is 12.1 Å². The summed E-state index contributed by atoms with van der Waals surface area (Å²) in [7, 11) is 0. The predicted molar refractivity (Wildman–Crippen MR) is 79.9 cm³/mol. The van der Waals surface area contributed by atoms with E-state index in [1.807, 2.05) is 32.9 Å². The summed E-state index contributed by atoms with van der Waals surface area (Å²) in [4.78, 5) is 26.3. The molecule has 4 nitrogen and oxygen atoms in total. The first kappa shape index (κ1) is 14.9. The number of benzene rings is 1. The molecule has 20 heavy (non-hydrogen) atoms. The molecule has 0 saturated carbocycles. The number of carbonyl (C=O) groups is 2. The Morgan fingerprint density at radius 1 is 1.30 bits per heavy atom. The quantitative estimate of drug-likeness (QED) is 0.911. The smallest absolute Gasteiger partial charge is 0.250 e. The zero-order valence-electron chi connectivity index (χ0n) is 12.1. The van der Waals surface area contributed by atoms with Crippen LogP contribution >= 0.6 is 11.6 Å². The fraction of sp³-hybridized carbons (Fsp3) is 0.467. The highest BCUT2D eigenvalue weighted by Crippen LogP contribution is 2.33. The largest absolute Gasteiger partial charge is 0.342 e. The molecule has 108 valence electrons. The monoisotopic (exact) mass is 294 g/mol. The highest BCUT2D eigenvalue weighted by atomic mass is 35.5. The van der Waals surface area contributed by atoms with Crippen molar-refractivity contribution in [1.82, 2.24) is 5.32 Å². The second kappa shape index (κ2) is 5.44. The van der Waals surface area contributed by atoms with E-state index in [0.29, 0.717) is 10.7 Å². The summed E-state index contributed by atoms with van der Waals surface area (Å²) in [6, 6.07) is 4.39. The van der Waals surface area contributed by atoms with Crippen molar-refractivity contribution in [2.45, 2.75) is 39.8 Å². The summed E-state index contributed by atoms with van der Waals surface area (Å²) in [6.45, 7) is 7.43. The van der Waals surface area contributed by atoms with E-state index in [2.05, 4.69) is 5.32 Å². The van der Waals surface area contributed by atoms with Gasteiger partial charge in [-0.1, -0.05) is 37.6 Å². The Balaban J connectivity index is 2.52. The molecule has 1 aromatic rings. The van der Waals surface area contributed by atoms with Crippen LogP contribution in [-0.4, -0.2) is 23.9 Å². The summed E-state index contributed by atoms with van der Waals surface area (Å²) in [5.41, 5.74) is 1.52. The molecular weight excluding hydrogens is 276 g/mol. The summed E-state index contributed by atoms with van der Waals surface area (Å²) in [6.07, 6.45) is 0. The van der Waals surface area contributed by atoms with Crippen LogP contribution < -0.4 is 10.2 Å². The Morgan fingerprint density at radius 2 is 1.95 bits per heavy atom. The molecule has 2 amide bonds. The molecule has 1 N–H and O–H groups in total. The molecule has 0 spiro atoms. The fourth-order valence-electron chi connectivity index (χ4n) is 2.48. The Bertz CT molecular complexity index is 537. The van der Waals surface area contributed by atoms with Crippen molar-refractivity contribution in [2.75, 3.05) is 4.90 Å². The van der Waals surface area contributed by atoms with Gasteiger partial charge in [-0.3, -0.25) is 14.5 Å². The maximum absolute atomic E-state index is 12.7. The molecule has 1 aliphatic heterocycles. The van der Waals surface area contributed by atoms with Crippen LogP contribution in [0.1, 0.15) is 26.3 Å². The zero-order chi connectivity index (χ0) is 15.0. The zero-order valence-corrected chi connectivity index (χ0v) is 12.9. The van der Waals surface area contributed by atoms with Crippen LogP contribution in [0.5, 0.6) is 0 Å². The Hall–Kier alpha value is -1.55. The Labute approximate surface area is 124 Å². The summed E-state index contributed by atoms with van der Waals surface area (Å²) in [5.74, 6) is -0.227. The molecule has 0 radical (unpaired) electrons. The summed E-state index contributed by atoms with van der Waals surface area (Å²) in [5, 5.41) is 3.27. The molecule has 2 rings (SSSR count). The van der Waals surface area contributed by atoms with Crippen molar-refractivity contribution in [3.63, 3.8) is 0 Å². The third-order valence-corrected chi connectivity index (χ3v) is 3.97. The molecule has 2 unspecified atom stereocenters. The Morgan fingerprint density at radius 3 is 2.50 bits per heavy atom. The van der Waals surface area contributed by atoms with Crippen molar-refractivity contribution in [1.29, 1.82) is 0 Å². The molecule has 1 aromatic carbocycles. The number of amides is 2. The molecule has 1 saturated heterocycles. The molecule has 1 aliphatic rings. The summed E-state index contributed by atoms with van der Waals surface area (Å²) < 4.78 is 0. The van der Waals surface area contributed by atoms with Crippen molar-refractivity contribution >= 4 is 29.1 Å². The highest BCUT2D eigenvalue weighted by Gasteiger charge is 2.41. The van der Waals surface area contributed by atoms with E-state index < -0.39 is 12.1 Å². The number of hydrogen-bond donors (Lipinski definition) is 1.